The zero-order valence-corrected chi connectivity index (χ0v) is 10.5. The number of carbonyl (C=O) groups excluding carboxylic acids is 1. The highest BCUT2D eigenvalue weighted by molar-refractivity contribution is 5.77. The summed E-state index contributed by atoms with van der Waals surface area (Å²) in [5.41, 5.74) is 0. The minimum Gasteiger partial charge on any atom is -0.372 e. The van der Waals surface area contributed by atoms with Crippen molar-refractivity contribution < 1.29 is 9.53 Å². The summed E-state index contributed by atoms with van der Waals surface area (Å²) in [5.74, 6) is 0.144. The van der Waals surface area contributed by atoms with E-state index in [4.69, 9.17) is 4.74 Å². The Labute approximate surface area is 98.3 Å². The largest absolute Gasteiger partial charge is 0.372 e. The van der Waals surface area contributed by atoms with Crippen LogP contribution in [0.2, 0.25) is 0 Å². The van der Waals surface area contributed by atoms with Crippen LogP contribution in [0.3, 0.4) is 0 Å². The van der Waals surface area contributed by atoms with Crippen LogP contribution < -0.4 is 5.32 Å². The molecule has 0 aromatic heterocycles. The van der Waals surface area contributed by atoms with Crippen LogP contribution in [-0.2, 0) is 9.53 Å². The second-order valence-electron chi connectivity index (χ2n) is 4.35. The summed E-state index contributed by atoms with van der Waals surface area (Å²) in [6.07, 6.45) is 4.26. The Morgan fingerprint density at radius 2 is 2.12 bits per heavy atom. The molecule has 0 atom stereocenters. The molecule has 1 aliphatic heterocycles. The topological polar surface area (TPSA) is 41.6 Å². The normalized spacial score (nSPS) is 17.8. The van der Waals surface area contributed by atoms with E-state index in [1.165, 1.54) is 0 Å². The number of likely N-dealkylation sites (tertiary alicyclic amines) is 1. The van der Waals surface area contributed by atoms with Gasteiger partial charge in [-0.3, -0.25) is 4.79 Å². The lowest BCUT2D eigenvalue weighted by Gasteiger charge is -2.31. The molecule has 0 spiro atoms. The first-order valence-electron chi connectivity index (χ1n) is 6.30. The Balaban J connectivity index is 2.13. The number of ether oxygens (including phenoxy) is 1. The SMILES string of the molecule is CCCCOCC(=O)N1CCC(NC)CC1. The van der Waals surface area contributed by atoms with Gasteiger partial charge in [0.25, 0.3) is 0 Å². The van der Waals surface area contributed by atoms with E-state index in [0.717, 1.165) is 38.8 Å². The number of unbranched alkanes of at least 4 members (excludes halogenated alkanes) is 1. The maximum Gasteiger partial charge on any atom is 0.248 e. The smallest absolute Gasteiger partial charge is 0.248 e. The van der Waals surface area contributed by atoms with Gasteiger partial charge in [-0.15, -0.1) is 0 Å². The summed E-state index contributed by atoms with van der Waals surface area (Å²) in [6, 6.07) is 0.574. The van der Waals surface area contributed by atoms with Crippen LogP contribution in [0.15, 0.2) is 0 Å². The third-order valence-corrected chi connectivity index (χ3v) is 3.12. The molecule has 4 heteroatoms. The van der Waals surface area contributed by atoms with Crippen molar-refractivity contribution in [1.29, 1.82) is 0 Å². The zero-order chi connectivity index (χ0) is 11.8. The van der Waals surface area contributed by atoms with E-state index >= 15 is 0 Å². The molecule has 1 N–H and O–H groups in total. The Kier molecular flexibility index (Phi) is 6.42. The molecule has 16 heavy (non-hydrogen) atoms. The molecule has 1 fully saturated rings. The van der Waals surface area contributed by atoms with Gasteiger partial charge in [-0.05, 0) is 26.3 Å². The van der Waals surface area contributed by atoms with Crippen molar-refractivity contribution in [1.82, 2.24) is 10.2 Å². The predicted molar refractivity (Wildman–Crippen MR) is 64.4 cm³/mol. The number of nitrogens with one attached hydrogen (secondary N) is 1. The Morgan fingerprint density at radius 1 is 1.44 bits per heavy atom. The standard InChI is InChI=1S/C12H24N2O2/c1-3-4-9-16-10-12(15)14-7-5-11(13-2)6-8-14/h11,13H,3-10H2,1-2H3. The molecular weight excluding hydrogens is 204 g/mol. The van der Waals surface area contributed by atoms with E-state index in [2.05, 4.69) is 12.2 Å². The minimum atomic E-state index is 0.144. The zero-order valence-electron chi connectivity index (χ0n) is 10.5. The lowest BCUT2D eigenvalue weighted by molar-refractivity contribution is -0.137. The van der Waals surface area contributed by atoms with Crippen LogP contribution in [0, 0.1) is 0 Å². The van der Waals surface area contributed by atoms with Crippen molar-refractivity contribution in [2.45, 2.75) is 38.6 Å². The van der Waals surface area contributed by atoms with Crippen molar-refractivity contribution in [3.05, 3.63) is 0 Å². The molecule has 0 aromatic rings. The highest BCUT2D eigenvalue weighted by Crippen LogP contribution is 2.09. The molecule has 1 saturated heterocycles. The van der Waals surface area contributed by atoms with Crippen molar-refractivity contribution in [2.75, 3.05) is 33.4 Å². The molecule has 0 aliphatic carbocycles. The van der Waals surface area contributed by atoms with Crippen LogP contribution in [0.1, 0.15) is 32.6 Å². The number of hydrogen-bond donors (Lipinski definition) is 1. The van der Waals surface area contributed by atoms with Crippen LogP contribution >= 0.6 is 0 Å². The van der Waals surface area contributed by atoms with E-state index in [1.807, 2.05) is 11.9 Å². The second kappa shape index (κ2) is 7.63. The molecule has 4 nitrogen and oxygen atoms in total. The van der Waals surface area contributed by atoms with E-state index in [1.54, 1.807) is 0 Å². The van der Waals surface area contributed by atoms with Gasteiger partial charge in [0.2, 0.25) is 5.91 Å². The number of carbonyl (C=O) groups is 1. The number of hydrogen-bond acceptors (Lipinski definition) is 3. The molecule has 1 aliphatic rings. The van der Waals surface area contributed by atoms with Gasteiger partial charge in [0.05, 0.1) is 0 Å². The van der Waals surface area contributed by atoms with Gasteiger partial charge in [0, 0.05) is 25.7 Å². The maximum atomic E-state index is 11.7. The Morgan fingerprint density at radius 3 is 2.69 bits per heavy atom. The monoisotopic (exact) mass is 228 g/mol. The summed E-state index contributed by atoms with van der Waals surface area (Å²) in [4.78, 5) is 13.7. The fourth-order valence-corrected chi connectivity index (χ4v) is 1.91. The quantitative estimate of drug-likeness (QED) is 0.690. The molecule has 1 rings (SSSR count). The minimum absolute atomic E-state index is 0.144. The second-order valence-corrected chi connectivity index (χ2v) is 4.35. The van der Waals surface area contributed by atoms with E-state index in [-0.39, 0.29) is 12.5 Å². The van der Waals surface area contributed by atoms with Crippen LogP contribution in [-0.4, -0.2) is 50.2 Å². The lowest BCUT2D eigenvalue weighted by Crippen LogP contribution is -2.45. The summed E-state index contributed by atoms with van der Waals surface area (Å²) in [7, 11) is 1.98. The summed E-state index contributed by atoms with van der Waals surface area (Å²) >= 11 is 0. The van der Waals surface area contributed by atoms with Gasteiger partial charge in [0.1, 0.15) is 6.61 Å². The van der Waals surface area contributed by atoms with Gasteiger partial charge in [-0.1, -0.05) is 13.3 Å². The molecular formula is C12H24N2O2. The van der Waals surface area contributed by atoms with Crippen molar-refractivity contribution >= 4 is 5.91 Å². The number of nitrogens with zero attached hydrogens (tertiary/aromatic N) is 1. The van der Waals surface area contributed by atoms with Gasteiger partial charge in [-0.2, -0.15) is 0 Å². The van der Waals surface area contributed by atoms with Crippen molar-refractivity contribution in [3.63, 3.8) is 0 Å². The van der Waals surface area contributed by atoms with Crippen molar-refractivity contribution in [3.8, 4) is 0 Å². The average Bonchev–Trinajstić information content (AvgIpc) is 2.34. The molecule has 0 radical (unpaired) electrons. The Hall–Kier alpha value is -0.610. The van der Waals surface area contributed by atoms with E-state index in [0.29, 0.717) is 12.6 Å². The third-order valence-electron chi connectivity index (χ3n) is 3.12. The van der Waals surface area contributed by atoms with Gasteiger partial charge >= 0.3 is 0 Å². The van der Waals surface area contributed by atoms with Gasteiger partial charge in [0.15, 0.2) is 0 Å². The highest BCUT2D eigenvalue weighted by Gasteiger charge is 2.21. The average molecular weight is 228 g/mol. The first kappa shape index (κ1) is 13.5. The number of rotatable bonds is 6. The van der Waals surface area contributed by atoms with E-state index < -0.39 is 0 Å². The molecule has 1 amide bonds. The highest BCUT2D eigenvalue weighted by atomic mass is 16.5. The molecule has 94 valence electrons. The first-order chi connectivity index (χ1) is 7.77. The van der Waals surface area contributed by atoms with Crippen LogP contribution in [0.4, 0.5) is 0 Å². The lowest BCUT2D eigenvalue weighted by atomic mass is 10.1. The molecule has 0 bridgehead atoms. The summed E-state index contributed by atoms with van der Waals surface area (Å²) in [5, 5.41) is 3.25. The fourth-order valence-electron chi connectivity index (χ4n) is 1.91. The third kappa shape index (κ3) is 4.49. The van der Waals surface area contributed by atoms with Gasteiger partial charge in [-0.25, -0.2) is 0 Å². The number of piperidine rings is 1. The van der Waals surface area contributed by atoms with E-state index in [9.17, 15) is 4.79 Å². The summed E-state index contributed by atoms with van der Waals surface area (Å²) in [6.45, 7) is 4.80. The molecule has 1 heterocycles. The van der Waals surface area contributed by atoms with Crippen LogP contribution in [0.25, 0.3) is 0 Å². The van der Waals surface area contributed by atoms with Crippen molar-refractivity contribution in [2.24, 2.45) is 0 Å². The summed E-state index contributed by atoms with van der Waals surface area (Å²) < 4.78 is 5.34. The van der Waals surface area contributed by atoms with Crippen LogP contribution in [0.5, 0.6) is 0 Å². The number of amides is 1. The molecule has 0 saturated carbocycles. The molecule has 0 aromatic carbocycles. The Bertz CT molecular complexity index is 201. The molecule has 0 unspecified atom stereocenters. The predicted octanol–water partition coefficient (Wildman–Crippen LogP) is 1.01. The van der Waals surface area contributed by atoms with Gasteiger partial charge < -0.3 is 15.0 Å². The first-order valence-corrected chi connectivity index (χ1v) is 6.30. The maximum absolute atomic E-state index is 11.7. The fraction of sp³-hybridized carbons (Fsp3) is 0.917.